The van der Waals surface area contributed by atoms with Gasteiger partial charge in [-0.25, -0.2) is 8.42 Å². The summed E-state index contributed by atoms with van der Waals surface area (Å²) in [5.74, 6) is -0.209. The Hall–Kier alpha value is -3.21. The van der Waals surface area contributed by atoms with Crippen LogP contribution in [0.2, 0.25) is 0 Å². The molecule has 0 aromatic heterocycles. The SMILES string of the molecule is Cc1cc(C)c(CC(NC[C@H](O)c2ccc(O)c(NS(C)(=O)=O)c2)c2ccc(OC(F)F)cc2)c(C)c1. The Morgan fingerprint density at radius 1 is 0.946 bits per heavy atom. The Bertz CT molecular complexity index is 1310. The molecule has 7 nitrogen and oxygen atoms in total. The zero-order chi connectivity index (χ0) is 27.3. The summed E-state index contributed by atoms with van der Waals surface area (Å²) in [6, 6.07) is 14.5. The molecule has 0 amide bonds. The van der Waals surface area contributed by atoms with Crippen LogP contribution in [0.1, 0.15) is 45.5 Å². The first-order valence-electron chi connectivity index (χ1n) is 11.7. The molecule has 0 aliphatic rings. The van der Waals surface area contributed by atoms with E-state index < -0.39 is 22.7 Å². The number of halogens is 2. The van der Waals surface area contributed by atoms with E-state index in [1.165, 1.54) is 30.3 Å². The van der Waals surface area contributed by atoms with Crippen molar-refractivity contribution in [3.05, 3.63) is 88.0 Å². The largest absolute Gasteiger partial charge is 0.506 e. The number of aliphatic hydroxyl groups excluding tert-OH is 1. The van der Waals surface area contributed by atoms with Gasteiger partial charge in [-0.05, 0) is 79.3 Å². The fourth-order valence-electron chi connectivity index (χ4n) is 4.34. The molecule has 0 spiro atoms. The van der Waals surface area contributed by atoms with E-state index >= 15 is 0 Å². The summed E-state index contributed by atoms with van der Waals surface area (Å²) in [4.78, 5) is 0. The molecule has 200 valence electrons. The van der Waals surface area contributed by atoms with Crippen LogP contribution in [0.25, 0.3) is 0 Å². The van der Waals surface area contributed by atoms with Crippen LogP contribution >= 0.6 is 0 Å². The highest BCUT2D eigenvalue weighted by Gasteiger charge is 2.19. The van der Waals surface area contributed by atoms with Gasteiger partial charge >= 0.3 is 6.61 Å². The van der Waals surface area contributed by atoms with Gasteiger partial charge in [0.15, 0.2) is 0 Å². The van der Waals surface area contributed by atoms with Gasteiger partial charge in [0.2, 0.25) is 10.0 Å². The van der Waals surface area contributed by atoms with Crippen LogP contribution in [0.5, 0.6) is 11.5 Å². The zero-order valence-corrected chi connectivity index (χ0v) is 21.9. The van der Waals surface area contributed by atoms with Crippen LogP contribution in [-0.4, -0.2) is 38.0 Å². The van der Waals surface area contributed by atoms with Gasteiger partial charge in [-0.15, -0.1) is 0 Å². The average Bonchev–Trinajstić information content (AvgIpc) is 2.78. The third kappa shape index (κ3) is 8.14. The van der Waals surface area contributed by atoms with E-state index in [4.69, 9.17) is 0 Å². The number of phenols is 1. The Morgan fingerprint density at radius 2 is 1.54 bits per heavy atom. The molecule has 3 aromatic rings. The Morgan fingerprint density at radius 3 is 2.11 bits per heavy atom. The van der Waals surface area contributed by atoms with Crippen LogP contribution in [0.15, 0.2) is 54.6 Å². The van der Waals surface area contributed by atoms with Gasteiger partial charge in [-0.1, -0.05) is 35.9 Å². The number of anilines is 1. The summed E-state index contributed by atoms with van der Waals surface area (Å²) < 4.78 is 55.1. The Labute approximate surface area is 216 Å². The third-order valence-electron chi connectivity index (χ3n) is 6.01. The van der Waals surface area contributed by atoms with Gasteiger partial charge in [0, 0.05) is 12.6 Å². The first-order chi connectivity index (χ1) is 17.3. The van der Waals surface area contributed by atoms with Crippen molar-refractivity contribution in [1.29, 1.82) is 0 Å². The number of hydrogen-bond donors (Lipinski definition) is 4. The van der Waals surface area contributed by atoms with Crippen molar-refractivity contribution < 1.29 is 32.1 Å². The van der Waals surface area contributed by atoms with Gasteiger partial charge in [0.05, 0.1) is 18.0 Å². The van der Waals surface area contributed by atoms with Crippen LogP contribution in [0, 0.1) is 20.8 Å². The van der Waals surface area contributed by atoms with E-state index in [9.17, 15) is 27.4 Å². The molecule has 3 aromatic carbocycles. The van der Waals surface area contributed by atoms with E-state index in [1.807, 2.05) is 20.8 Å². The van der Waals surface area contributed by atoms with E-state index in [1.54, 1.807) is 12.1 Å². The second kappa shape index (κ2) is 11.9. The maximum absolute atomic E-state index is 12.6. The molecule has 0 radical (unpaired) electrons. The maximum Gasteiger partial charge on any atom is 0.387 e. The molecule has 0 aliphatic heterocycles. The molecule has 0 fully saturated rings. The van der Waals surface area contributed by atoms with E-state index in [0.717, 1.165) is 34.1 Å². The quantitative estimate of drug-likeness (QED) is 0.261. The Balaban J connectivity index is 1.85. The lowest BCUT2D eigenvalue weighted by Gasteiger charge is -2.24. The molecule has 10 heteroatoms. The molecule has 0 saturated carbocycles. The highest BCUT2D eigenvalue weighted by Crippen LogP contribution is 2.29. The lowest BCUT2D eigenvalue weighted by Crippen LogP contribution is -2.28. The second-order valence-electron chi connectivity index (χ2n) is 9.16. The molecular formula is C27H32F2N2O5S. The predicted octanol–water partition coefficient (Wildman–Crippen LogP) is 4.90. The molecule has 2 atom stereocenters. The molecular weight excluding hydrogens is 502 g/mol. The minimum Gasteiger partial charge on any atom is -0.506 e. The van der Waals surface area contributed by atoms with Crippen molar-refractivity contribution in [3.63, 3.8) is 0 Å². The van der Waals surface area contributed by atoms with Crippen LogP contribution in [-0.2, 0) is 16.4 Å². The lowest BCUT2D eigenvalue weighted by atomic mass is 9.91. The minimum atomic E-state index is -3.63. The van der Waals surface area contributed by atoms with Crippen molar-refractivity contribution in [3.8, 4) is 11.5 Å². The fraction of sp³-hybridized carbons (Fsp3) is 0.333. The summed E-state index contributed by atoms with van der Waals surface area (Å²) in [6.45, 7) is 3.29. The number of rotatable bonds is 11. The predicted molar refractivity (Wildman–Crippen MR) is 140 cm³/mol. The summed E-state index contributed by atoms with van der Waals surface area (Å²) in [5, 5.41) is 24.2. The number of aryl methyl sites for hydroxylation is 3. The van der Waals surface area contributed by atoms with Gasteiger partial charge in [0.1, 0.15) is 11.5 Å². The van der Waals surface area contributed by atoms with Crippen LogP contribution in [0.3, 0.4) is 0 Å². The van der Waals surface area contributed by atoms with Gasteiger partial charge in [0.25, 0.3) is 0 Å². The third-order valence-corrected chi connectivity index (χ3v) is 6.61. The van der Waals surface area contributed by atoms with Crippen molar-refractivity contribution in [2.75, 3.05) is 17.5 Å². The normalized spacial score (nSPS) is 13.4. The van der Waals surface area contributed by atoms with Crippen molar-refractivity contribution >= 4 is 15.7 Å². The standard InChI is InChI=1S/C27H32F2N2O5S/c1-16-11-17(2)22(18(3)12-16)14-23(19-5-8-21(9-6-19)36-27(28)29)30-15-26(33)20-7-10-25(32)24(13-20)31-37(4,34)35/h5-13,23,26-27,30-33H,14-15H2,1-4H3/t23?,26-/m0/s1. The zero-order valence-electron chi connectivity index (χ0n) is 21.1. The molecule has 0 heterocycles. The van der Waals surface area contributed by atoms with Crippen molar-refractivity contribution in [1.82, 2.24) is 5.32 Å². The number of benzene rings is 3. The Kier molecular flexibility index (Phi) is 9.12. The molecule has 0 bridgehead atoms. The molecule has 3 rings (SSSR count). The van der Waals surface area contributed by atoms with Gasteiger partial charge in [-0.3, -0.25) is 4.72 Å². The number of aromatic hydroxyl groups is 1. The highest BCUT2D eigenvalue weighted by atomic mass is 32.2. The van der Waals surface area contributed by atoms with Crippen molar-refractivity contribution in [2.24, 2.45) is 0 Å². The molecule has 4 N–H and O–H groups in total. The lowest BCUT2D eigenvalue weighted by molar-refractivity contribution is -0.0498. The van der Waals surface area contributed by atoms with Gasteiger partial charge < -0.3 is 20.3 Å². The minimum absolute atomic E-state index is 0.0314. The number of sulfonamides is 1. The van der Waals surface area contributed by atoms with E-state index in [-0.39, 0.29) is 29.8 Å². The molecule has 0 aliphatic carbocycles. The monoisotopic (exact) mass is 534 g/mol. The smallest absolute Gasteiger partial charge is 0.387 e. The molecule has 0 saturated heterocycles. The number of alkyl halides is 2. The number of aliphatic hydroxyl groups is 1. The number of nitrogens with one attached hydrogen (secondary N) is 2. The van der Waals surface area contributed by atoms with Crippen LogP contribution < -0.4 is 14.8 Å². The van der Waals surface area contributed by atoms with Crippen LogP contribution in [0.4, 0.5) is 14.5 Å². The molecule has 37 heavy (non-hydrogen) atoms. The number of ether oxygens (including phenoxy) is 1. The van der Waals surface area contributed by atoms with Crippen molar-refractivity contribution in [2.45, 2.75) is 45.9 Å². The topological polar surface area (TPSA) is 108 Å². The first-order valence-corrected chi connectivity index (χ1v) is 13.5. The summed E-state index contributed by atoms with van der Waals surface area (Å²) in [6.07, 6.45) is 0.523. The van der Waals surface area contributed by atoms with E-state index in [0.29, 0.717) is 12.0 Å². The number of phenolic OH excluding ortho intramolecular Hbond substituents is 1. The first kappa shape index (κ1) is 28.4. The highest BCUT2D eigenvalue weighted by molar-refractivity contribution is 7.92. The second-order valence-corrected chi connectivity index (χ2v) is 10.9. The van der Waals surface area contributed by atoms with E-state index in [2.05, 4.69) is 26.9 Å². The molecule has 1 unspecified atom stereocenters. The maximum atomic E-state index is 12.6. The van der Waals surface area contributed by atoms with Gasteiger partial charge in [-0.2, -0.15) is 8.78 Å². The average molecular weight is 535 g/mol. The summed E-state index contributed by atoms with van der Waals surface area (Å²) in [7, 11) is -3.63. The summed E-state index contributed by atoms with van der Waals surface area (Å²) in [5.41, 5.74) is 5.72. The fourth-order valence-corrected chi connectivity index (χ4v) is 4.90. The summed E-state index contributed by atoms with van der Waals surface area (Å²) >= 11 is 0. The number of hydrogen-bond acceptors (Lipinski definition) is 6.